The number of aryl methyl sites for hydroxylation is 1. The van der Waals surface area contributed by atoms with E-state index in [0.717, 1.165) is 47.4 Å². The Bertz CT molecular complexity index is 871. The average molecular weight is 325 g/mol. The van der Waals surface area contributed by atoms with Gasteiger partial charge in [0.2, 0.25) is 5.65 Å². The van der Waals surface area contributed by atoms with Gasteiger partial charge in [-0.15, -0.1) is 10.2 Å². The molecule has 1 aliphatic heterocycles. The lowest BCUT2D eigenvalue weighted by molar-refractivity contribution is 0.122. The first-order valence-corrected chi connectivity index (χ1v) is 7.96. The highest BCUT2D eigenvalue weighted by Gasteiger charge is 2.20. The van der Waals surface area contributed by atoms with Gasteiger partial charge in [-0.1, -0.05) is 12.1 Å². The van der Waals surface area contributed by atoms with Gasteiger partial charge in [0, 0.05) is 24.8 Å². The summed E-state index contributed by atoms with van der Waals surface area (Å²) < 4.78 is 12.8. The van der Waals surface area contributed by atoms with Crippen molar-refractivity contribution in [2.75, 3.05) is 38.3 Å². The van der Waals surface area contributed by atoms with Crippen molar-refractivity contribution in [3.63, 3.8) is 0 Å². The van der Waals surface area contributed by atoms with Crippen molar-refractivity contribution in [3.8, 4) is 17.0 Å². The zero-order valence-electron chi connectivity index (χ0n) is 13.8. The molecule has 7 heteroatoms. The van der Waals surface area contributed by atoms with E-state index >= 15 is 0 Å². The van der Waals surface area contributed by atoms with Gasteiger partial charge in [0.15, 0.2) is 5.82 Å². The third kappa shape index (κ3) is 2.56. The summed E-state index contributed by atoms with van der Waals surface area (Å²) in [5.41, 5.74) is 2.64. The van der Waals surface area contributed by atoms with E-state index in [-0.39, 0.29) is 0 Å². The molecule has 0 atom stereocenters. The smallest absolute Gasteiger partial charge is 0.203 e. The summed E-state index contributed by atoms with van der Waals surface area (Å²) in [5.74, 6) is 2.49. The maximum absolute atomic E-state index is 5.45. The predicted octanol–water partition coefficient (Wildman–Crippen LogP) is 1.94. The van der Waals surface area contributed by atoms with Gasteiger partial charge in [-0.3, -0.25) is 4.40 Å². The molecular weight excluding hydrogens is 306 g/mol. The fourth-order valence-corrected chi connectivity index (χ4v) is 2.90. The van der Waals surface area contributed by atoms with Gasteiger partial charge in [0.25, 0.3) is 0 Å². The number of hydrogen-bond acceptors (Lipinski definition) is 6. The van der Waals surface area contributed by atoms with E-state index in [1.165, 1.54) is 0 Å². The van der Waals surface area contributed by atoms with Gasteiger partial charge in [0.05, 0.1) is 26.0 Å². The molecule has 3 aromatic rings. The minimum absolute atomic E-state index is 0.699. The summed E-state index contributed by atoms with van der Waals surface area (Å²) in [6, 6.07) is 7.90. The van der Waals surface area contributed by atoms with Crippen LogP contribution in [0.1, 0.15) is 5.82 Å². The first-order chi connectivity index (χ1) is 11.8. The van der Waals surface area contributed by atoms with E-state index in [2.05, 4.69) is 15.1 Å². The zero-order chi connectivity index (χ0) is 16.5. The van der Waals surface area contributed by atoms with Crippen LogP contribution in [0.4, 0.5) is 5.82 Å². The number of anilines is 1. The highest BCUT2D eigenvalue weighted by molar-refractivity contribution is 5.70. The number of nitrogens with zero attached hydrogens (tertiary/aromatic N) is 5. The highest BCUT2D eigenvalue weighted by atomic mass is 16.5. The fraction of sp³-hybridized carbons (Fsp3) is 0.353. The van der Waals surface area contributed by atoms with Crippen LogP contribution in [0, 0.1) is 6.92 Å². The normalized spacial score (nSPS) is 15.0. The molecule has 1 saturated heterocycles. The second-order valence-corrected chi connectivity index (χ2v) is 5.72. The molecule has 0 bridgehead atoms. The Morgan fingerprint density at radius 1 is 1.17 bits per heavy atom. The van der Waals surface area contributed by atoms with E-state index in [9.17, 15) is 0 Å². The van der Waals surface area contributed by atoms with Crippen molar-refractivity contribution >= 4 is 11.5 Å². The van der Waals surface area contributed by atoms with E-state index in [1.807, 2.05) is 41.8 Å². The monoisotopic (exact) mass is 325 g/mol. The Morgan fingerprint density at radius 2 is 2.00 bits per heavy atom. The lowest BCUT2D eigenvalue weighted by Gasteiger charge is -2.28. The van der Waals surface area contributed by atoms with Crippen molar-refractivity contribution in [1.29, 1.82) is 0 Å². The van der Waals surface area contributed by atoms with Gasteiger partial charge < -0.3 is 14.4 Å². The average Bonchev–Trinajstić information content (AvgIpc) is 3.03. The standard InChI is InChI=1S/C17H19N5O2/c1-12-19-20-17-16(21-6-8-24-9-7-21)18-15(11-22(12)17)13-4-3-5-14(10-13)23-2/h3-5,10-11H,6-9H2,1-2H3. The molecule has 4 rings (SSSR count). The molecule has 0 unspecified atom stereocenters. The van der Waals surface area contributed by atoms with Crippen LogP contribution in [-0.2, 0) is 4.74 Å². The van der Waals surface area contributed by atoms with Crippen molar-refractivity contribution in [3.05, 3.63) is 36.3 Å². The molecule has 1 aliphatic rings. The number of methoxy groups -OCH3 is 1. The van der Waals surface area contributed by atoms with Crippen molar-refractivity contribution in [2.45, 2.75) is 6.92 Å². The number of benzene rings is 1. The van der Waals surface area contributed by atoms with Crippen LogP contribution in [-0.4, -0.2) is 53.0 Å². The molecule has 0 N–H and O–H groups in total. The lowest BCUT2D eigenvalue weighted by Crippen LogP contribution is -2.37. The lowest BCUT2D eigenvalue weighted by atomic mass is 10.1. The van der Waals surface area contributed by atoms with Crippen LogP contribution in [0.3, 0.4) is 0 Å². The van der Waals surface area contributed by atoms with Crippen molar-refractivity contribution in [1.82, 2.24) is 19.6 Å². The van der Waals surface area contributed by atoms with Crippen molar-refractivity contribution < 1.29 is 9.47 Å². The van der Waals surface area contributed by atoms with Crippen LogP contribution in [0.5, 0.6) is 5.75 Å². The summed E-state index contributed by atoms with van der Waals surface area (Å²) in [6.07, 6.45) is 1.98. The van der Waals surface area contributed by atoms with Crippen LogP contribution in [0.15, 0.2) is 30.5 Å². The largest absolute Gasteiger partial charge is 0.497 e. The molecule has 7 nitrogen and oxygen atoms in total. The Kier molecular flexibility index (Phi) is 3.78. The number of aromatic nitrogens is 4. The molecule has 0 amide bonds. The zero-order valence-corrected chi connectivity index (χ0v) is 13.8. The van der Waals surface area contributed by atoms with Gasteiger partial charge in [0.1, 0.15) is 11.6 Å². The van der Waals surface area contributed by atoms with E-state index < -0.39 is 0 Å². The first kappa shape index (κ1) is 14.9. The molecule has 0 saturated carbocycles. The third-order valence-corrected chi connectivity index (χ3v) is 4.22. The first-order valence-electron chi connectivity index (χ1n) is 7.96. The molecule has 24 heavy (non-hydrogen) atoms. The highest BCUT2D eigenvalue weighted by Crippen LogP contribution is 2.27. The van der Waals surface area contributed by atoms with Crippen molar-refractivity contribution in [2.24, 2.45) is 0 Å². The second kappa shape index (κ2) is 6.09. The molecule has 1 fully saturated rings. The maximum atomic E-state index is 5.45. The molecular formula is C17H19N5O2. The number of fused-ring (bicyclic) bond motifs is 1. The van der Waals surface area contributed by atoms with Gasteiger partial charge in [-0.25, -0.2) is 4.98 Å². The summed E-state index contributed by atoms with van der Waals surface area (Å²) in [4.78, 5) is 7.08. The fourth-order valence-electron chi connectivity index (χ4n) is 2.90. The van der Waals surface area contributed by atoms with Crippen LogP contribution in [0.2, 0.25) is 0 Å². The molecule has 0 spiro atoms. The van der Waals surface area contributed by atoms with Gasteiger partial charge >= 0.3 is 0 Å². The molecule has 0 aliphatic carbocycles. The molecule has 3 heterocycles. The molecule has 1 aromatic carbocycles. The molecule has 0 radical (unpaired) electrons. The number of morpholine rings is 1. The van der Waals surface area contributed by atoms with Crippen LogP contribution < -0.4 is 9.64 Å². The Balaban J connectivity index is 1.88. The minimum atomic E-state index is 0.699. The number of ether oxygens (including phenoxy) is 2. The summed E-state index contributed by atoms with van der Waals surface area (Å²) in [7, 11) is 1.67. The minimum Gasteiger partial charge on any atom is -0.497 e. The molecule has 124 valence electrons. The number of hydrogen-bond donors (Lipinski definition) is 0. The maximum Gasteiger partial charge on any atom is 0.203 e. The quantitative estimate of drug-likeness (QED) is 0.733. The summed E-state index contributed by atoms with van der Waals surface area (Å²) in [5, 5.41) is 8.52. The van der Waals surface area contributed by atoms with E-state index in [4.69, 9.17) is 14.5 Å². The SMILES string of the molecule is COc1cccc(-c2cn3c(C)nnc3c(N3CCOCC3)n2)c1. The Morgan fingerprint density at radius 3 is 2.79 bits per heavy atom. The third-order valence-electron chi connectivity index (χ3n) is 4.22. The second-order valence-electron chi connectivity index (χ2n) is 5.72. The van der Waals surface area contributed by atoms with Crippen LogP contribution in [0.25, 0.3) is 16.9 Å². The molecule has 2 aromatic heterocycles. The van der Waals surface area contributed by atoms with Crippen LogP contribution >= 0.6 is 0 Å². The predicted molar refractivity (Wildman–Crippen MR) is 90.5 cm³/mol. The summed E-state index contributed by atoms with van der Waals surface area (Å²) >= 11 is 0. The van der Waals surface area contributed by atoms with E-state index in [1.54, 1.807) is 7.11 Å². The number of rotatable bonds is 3. The van der Waals surface area contributed by atoms with E-state index in [0.29, 0.717) is 13.2 Å². The topological polar surface area (TPSA) is 64.8 Å². The Labute approximate surface area is 139 Å². The van der Waals surface area contributed by atoms with Gasteiger partial charge in [-0.2, -0.15) is 0 Å². The van der Waals surface area contributed by atoms with Gasteiger partial charge in [-0.05, 0) is 19.1 Å². The summed E-state index contributed by atoms with van der Waals surface area (Å²) in [6.45, 7) is 4.94. The Hall–Kier alpha value is -2.67.